The molecule has 1 amide bonds. The van der Waals surface area contributed by atoms with E-state index in [0.29, 0.717) is 5.75 Å². The normalized spacial score (nSPS) is 11.4. The van der Waals surface area contributed by atoms with Crippen LogP contribution in [0.3, 0.4) is 0 Å². The van der Waals surface area contributed by atoms with E-state index in [-0.39, 0.29) is 12.5 Å². The third-order valence-electron chi connectivity index (χ3n) is 2.00. The van der Waals surface area contributed by atoms with Crippen molar-refractivity contribution in [3.8, 4) is 5.75 Å². The van der Waals surface area contributed by atoms with Crippen LogP contribution in [0.1, 0.15) is 13.3 Å². The van der Waals surface area contributed by atoms with Crippen LogP contribution in [0, 0.1) is 0 Å². The summed E-state index contributed by atoms with van der Waals surface area (Å²) in [6.07, 6.45) is -0.478. The average molecular weight is 237 g/mol. The van der Waals surface area contributed by atoms with Crippen LogP contribution < -0.4 is 10.1 Å². The van der Waals surface area contributed by atoms with Gasteiger partial charge >= 0.3 is 12.1 Å². The number of esters is 1. The van der Waals surface area contributed by atoms with Gasteiger partial charge in [-0.15, -0.1) is 0 Å². The Labute approximate surface area is 99.7 Å². The van der Waals surface area contributed by atoms with Gasteiger partial charge in [-0.25, -0.2) is 4.79 Å². The van der Waals surface area contributed by atoms with Gasteiger partial charge in [-0.05, 0) is 19.1 Å². The van der Waals surface area contributed by atoms with E-state index in [2.05, 4.69) is 10.1 Å². The Hall–Kier alpha value is -2.04. The second-order valence-electron chi connectivity index (χ2n) is 3.53. The monoisotopic (exact) mass is 237 g/mol. The highest BCUT2D eigenvalue weighted by Gasteiger charge is 2.13. The van der Waals surface area contributed by atoms with E-state index >= 15 is 0 Å². The van der Waals surface area contributed by atoms with Crippen LogP contribution in [0.5, 0.6) is 5.75 Å². The van der Waals surface area contributed by atoms with Gasteiger partial charge in [0, 0.05) is 6.04 Å². The number of nitrogens with one attached hydrogen (secondary N) is 1. The lowest BCUT2D eigenvalue weighted by Gasteiger charge is -2.11. The van der Waals surface area contributed by atoms with Crippen molar-refractivity contribution in [1.29, 1.82) is 0 Å². The molecule has 1 aromatic carbocycles. The van der Waals surface area contributed by atoms with Gasteiger partial charge in [0.2, 0.25) is 0 Å². The van der Waals surface area contributed by atoms with Crippen LogP contribution in [0.4, 0.5) is 4.79 Å². The molecular formula is C12H15NO4. The number of alkyl carbamates (subject to hydrolysis) is 1. The van der Waals surface area contributed by atoms with Gasteiger partial charge in [0.15, 0.2) is 0 Å². The van der Waals surface area contributed by atoms with Crippen LogP contribution in [-0.2, 0) is 9.53 Å². The number of methoxy groups -OCH3 is 1. The minimum Gasteiger partial charge on any atom is -0.453 e. The number of carbonyl (C=O) groups is 2. The molecule has 5 nitrogen and oxygen atoms in total. The summed E-state index contributed by atoms with van der Waals surface area (Å²) in [5.74, 6) is 0.0860. The van der Waals surface area contributed by atoms with Crippen LogP contribution in [0.15, 0.2) is 30.3 Å². The van der Waals surface area contributed by atoms with Crippen molar-refractivity contribution in [1.82, 2.24) is 5.32 Å². The summed E-state index contributed by atoms with van der Waals surface area (Å²) in [5.41, 5.74) is 0. The van der Waals surface area contributed by atoms with E-state index in [1.54, 1.807) is 31.2 Å². The molecule has 0 aliphatic heterocycles. The first-order valence-corrected chi connectivity index (χ1v) is 5.22. The summed E-state index contributed by atoms with van der Waals surface area (Å²) in [4.78, 5) is 22.4. The Kier molecular flexibility index (Phi) is 5.00. The second-order valence-corrected chi connectivity index (χ2v) is 3.53. The molecule has 0 spiro atoms. The van der Waals surface area contributed by atoms with E-state index in [1.165, 1.54) is 7.11 Å². The third kappa shape index (κ3) is 5.01. The standard InChI is InChI=1S/C12H15NO4/c1-9(13-12(15)16-2)8-11(14)17-10-6-4-3-5-7-10/h3-7,9H,8H2,1-2H3,(H,13,15). The molecule has 0 heterocycles. The van der Waals surface area contributed by atoms with Crippen molar-refractivity contribution in [3.63, 3.8) is 0 Å². The molecule has 1 N–H and O–H groups in total. The lowest BCUT2D eigenvalue weighted by atomic mass is 10.2. The summed E-state index contributed by atoms with van der Waals surface area (Å²) in [6.45, 7) is 1.70. The van der Waals surface area contributed by atoms with E-state index in [4.69, 9.17) is 4.74 Å². The quantitative estimate of drug-likeness (QED) is 0.639. The molecule has 1 unspecified atom stereocenters. The minimum atomic E-state index is -0.565. The molecule has 0 radical (unpaired) electrons. The maximum atomic E-state index is 11.5. The molecule has 0 fully saturated rings. The molecule has 0 saturated heterocycles. The number of hydrogen-bond acceptors (Lipinski definition) is 4. The fraction of sp³-hybridized carbons (Fsp3) is 0.333. The predicted octanol–water partition coefficient (Wildman–Crippen LogP) is 1.73. The second kappa shape index (κ2) is 6.52. The van der Waals surface area contributed by atoms with Gasteiger partial charge in [-0.2, -0.15) is 0 Å². The zero-order valence-corrected chi connectivity index (χ0v) is 9.80. The molecule has 17 heavy (non-hydrogen) atoms. The predicted molar refractivity (Wildman–Crippen MR) is 61.7 cm³/mol. The number of hydrogen-bond donors (Lipinski definition) is 1. The summed E-state index contributed by atoms with van der Waals surface area (Å²) in [6, 6.07) is 8.43. The fourth-order valence-corrected chi connectivity index (χ4v) is 1.22. The van der Waals surface area contributed by atoms with E-state index in [0.717, 1.165) is 0 Å². The van der Waals surface area contributed by atoms with Crippen LogP contribution in [-0.4, -0.2) is 25.2 Å². The SMILES string of the molecule is COC(=O)NC(C)CC(=O)Oc1ccccc1. The van der Waals surface area contributed by atoms with E-state index < -0.39 is 12.1 Å². The molecule has 0 saturated carbocycles. The Morgan fingerprint density at radius 1 is 1.29 bits per heavy atom. The Balaban J connectivity index is 2.37. The molecule has 0 aromatic heterocycles. The maximum absolute atomic E-state index is 11.5. The summed E-state index contributed by atoms with van der Waals surface area (Å²) >= 11 is 0. The summed E-state index contributed by atoms with van der Waals surface area (Å²) < 4.78 is 9.49. The summed E-state index contributed by atoms with van der Waals surface area (Å²) in [7, 11) is 1.27. The Bertz CT molecular complexity index is 377. The van der Waals surface area contributed by atoms with Crippen molar-refractivity contribution in [3.05, 3.63) is 30.3 Å². The van der Waals surface area contributed by atoms with Crippen LogP contribution >= 0.6 is 0 Å². The molecule has 5 heteroatoms. The molecule has 1 aromatic rings. The zero-order chi connectivity index (χ0) is 12.7. The Morgan fingerprint density at radius 2 is 1.94 bits per heavy atom. The zero-order valence-electron chi connectivity index (χ0n) is 9.80. The van der Waals surface area contributed by atoms with Gasteiger partial charge in [-0.1, -0.05) is 18.2 Å². The Morgan fingerprint density at radius 3 is 2.53 bits per heavy atom. The van der Waals surface area contributed by atoms with Crippen molar-refractivity contribution >= 4 is 12.1 Å². The molecule has 0 aliphatic carbocycles. The molecule has 0 aliphatic rings. The number of para-hydroxylation sites is 1. The molecular weight excluding hydrogens is 222 g/mol. The van der Waals surface area contributed by atoms with E-state index in [1.807, 2.05) is 6.07 Å². The first-order valence-electron chi connectivity index (χ1n) is 5.22. The smallest absolute Gasteiger partial charge is 0.407 e. The molecule has 92 valence electrons. The van der Waals surface area contributed by atoms with Crippen molar-refractivity contribution in [2.45, 2.75) is 19.4 Å². The van der Waals surface area contributed by atoms with Gasteiger partial charge in [0.05, 0.1) is 13.5 Å². The highest BCUT2D eigenvalue weighted by Crippen LogP contribution is 2.09. The van der Waals surface area contributed by atoms with Gasteiger partial charge in [0.1, 0.15) is 5.75 Å². The lowest BCUT2D eigenvalue weighted by molar-refractivity contribution is -0.134. The topological polar surface area (TPSA) is 64.6 Å². The lowest BCUT2D eigenvalue weighted by Crippen LogP contribution is -2.34. The fourth-order valence-electron chi connectivity index (χ4n) is 1.22. The molecule has 0 bridgehead atoms. The van der Waals surface area contributed by atoms with Crippen LogP contribution in [0.2, 0.25) is 0 Å². The van der Waals surface area contributed by atoms with Gasteiger partial charge in [-0.3, -0.25) is 4.79 Å². The highest BCUT2D eigenvalue weighted by molar-refractivity contribution is 5.74. The third-order valence-corrected chi connectivity index (χ3v) is 2.00. The molecule has 1 rings (SSSR count). The van der Waals surface area contributed by atoms with Gasteiger partial charge < -0.3 is 14.8 Å². The van der Waals surface area contributed by atoms with Gasteiger partial charge in [0.25, 0.3) is 0 Å². The highest BCUT2D eigenvalue weighted by atomic mass is 16.5. The van der Waals surface area contributed by atoms with Crippen LogP contribution in [0.25, 0.3) is 0 Å². The van der Waals surface area contributed by atoms with Crippen molar-refractivity contribution in [2.24, 2.45) is 0 Å². The van der Waals surface area contributed by atoms with E-state index in [9.17, 15) is 9.59 Å². The minimum absolute atomic E-state index is 0.0873. The number of carbonyl (C=O) groups excluding carboxylic acids is 2. The number of benzene rings is 1. The first kappa shape index (κ1) is 13.0. The van der Waals surface area contributed by atoms with Crippen molar-refractivity contribution in [2.75, 3.05) is 7.11 Å². The first-order chi connectivity index (χ1) is 8.11. The maximum Gasteiger partial charge on any atom is 0.407 e. The average Bonchev–Trinajstić information content (AvgIpc) is 2.29. The van der Waals surface area contributed by atoms with Crippen molar-refractivity contribution < 1.29 is 19.1 Å². The molecule has 1 atom stereocenters. The summed E-state index contributed by atoms with van der Waals surface area (Å²) in [5, 5.41) is 2.48. The largest absolute Gasteiger partial charge is 0.453 e. The number of ether oxygens (including phenoxy) is 2. The number of amides is 1. The number of rotatable bonds is 4.